The van der Waals surface area contributed by atoms with E-state index in [1.165, 1.54) is 0 Å². The van der Waals surface area contributed by atoms with Crippen LogP contribution in [0.15, 0.2) is 0 Å². The zero-order valence-electron chi connectivity index (χ0n) is 9.91. The molecular formula is C5H17N5O5S2. The van der Waals surface area contributed by atoms with E-state index in [9.17, 15) is 21.6 Å². The van der Waals surface area contributed by atoms with Gasteiger partial charge >= 0.3 is 6.03 Å². The highest BCUT2D eigenvalue weighted by atomic mass is 32.2. The molecule has 0 aromatic heterocycles. The van der Waals surface area contributed by atoms with Crippen molar-refractivity contribution in [2.24, 2.45) is 11.6 Å². The van der Waals surface area contributed by atoms with Crippen molar-refractivity contribution >= 4 is 26.1 Å². The van der Waals surface area contributed by atoms with Gasteiger partial charge in [0.25, 0.3) is 10.0 Å². The molecule has 0 aromatic carbocycles. The van der Waals surface area contributed by atoms with Crippen molar-refractivity contribution in [3.63, 3.8) is 0 Å². The Labute approximate surface area is 101 Å². The SMILES string of the molecule is CN(N(C(N)=O)S(C)(=O)=O)S(C)(=O)=O.CNN. The van der Waals surface area contributed by atoms with E-state index in [4.69, 9.17) is 5.73 Å². The van der Waals surface area contributed by atoms with Crippen molar-refractivity contribution < 1.29 is 21.6 Å². The van der Waals surface area contributed by atoms with Gasteiger partial charge in [-0.2, -0.15) is 0 Å². The zero-order chi connectivity index (χ0) is 14.4. The minimum atomic E-state index is -4.04. The second-order valence-corrected chi connectivity index (χ2v) is 6.64. The Bertz CT molecular complexity index is 443. The molecule has 0 radical (unpaired) electrons. The van der Waals surface area contributed by atoms with Crippen molar-refractivity contribution in [1.82, 2.24) is 14.3 Å². The van der Waals surface area contributed by atoms with Crippen molar-refractivity contribution in [3.8, 4) is 0 Å². The first kappa shape index (κ1) is 18.4. The summed E-state index contributed by atoms with van der Waals surface area (Å²) in [5, 5.41) is 0. The van der Waals surface area contributed by atoms with Gasteiger partial charge in [-0.3, -0.25) is 11.3 Å². The second-order valence-electron chi connectivity index (χ2n) is 2.83. The number of urea groups is 1. The van der Waals surface area contributed by atoms with E-state index in [0.29, 0.717) is 6.26 Å². The summed E-state index contributed by atoms with van der Waals surface area (Å²) in [6.07, 6.45) is 1.41. The van der Waals surface area contributed by atoms with Gasteiger partial charge in [0, 0.05) is 7.05 Å². The van der Waals surface area contributed by atoms with Crippen LogP contribution in [0.1, 0.15) is 0 Å². The third-order valence-corrected chi connectivity index (χ3v) is 3.52. The van der Waals surface area contributed by atoms with Crippen LogP contribution in [0, 0.1) is 0 Å². The van der Waals surface area contributed by atoms with Crippen molar-refractivity contribution in [1.29, 1.82) is 0 Å². The average Bonchev–Trinajstić information content (AvgIpc) is 1.99. The van der Waals surface area contributed by atoms with Crippen molar-refractivity contribution in [3.05, 3.63) is 0 Å². The fraction of sp³-hybridized carbons (Fsp3) is 0.800. The molecular weight excluding hydrogens is 274 g/mol. The van der Waals surface area contributed by atoms with E-state index >= 15 is 0 Å². The molecule has 0 saturated heterocycles. The van der Waals surface area contributed by atoms with E-state index in [1.807, 2.05) is 0 Å². The summed E-state index contributed by atoms with van der Waals surface area (Å²) < 4.78 is 44.0. The molecule has 0 aliphatic heterocycles. The molecule has 0 aliphatic carbocycles. The highest BCUT2D eigenvalue weighted by Crippen LogP contribution is 2.05. The molecule has 0 bridgehead atoms. The Morgan fingerprint density at radius 2 is 1.41 bits per heavy atom. The summed E-state index contributed by atoms with van der Waals surface area (Å²) in [6, 6.07) is -1.39. The van der Waals surface area contributed by atoms with Gasteiger partial charge in [-0.05, 0) is 7.05 Å². The molecule has 0 heterocycles. The topological polar surface area (TPSA) is 156 Å². The molecule has 0 aliphatic rings. The first-order valence-electron chi connectivity index (χ1n) is 4.00. The maximum absolute atomic E-state index is 11.0. The molecule has 0 atom stereocenters. The summed E-state index contributed by atoms with van der Waals surface area (Å²) >= 11 is 0. The first-order chi connectivity index (χ1) is 7.39. The summed E-state index contributed by atoms with van der Waals surface area (Å²) in [4.78, 5) is 10.7. The van der Waals surface area contributed by atoms with Crippen molar-refractivity contribution in [2.45, 2.75) is 0 Å². The normalized spacial score (nSPS) is 11.6. The number of nitrogens with zero attached hydrogens (tertiary/aromatic N) is 2. The predicted molar refractivity (Wildman–Crippen MR) is 62.1 cm³/mol. The van der Waals surface area contributed by atoms with Crippen LogP contribution in [-0.4, -0.2) is 58.3 Å². The molecule has 0 saturated carbocycles. The van der Waals surface area contributed by atoms with Crippen LogP contribution in [0.4, 0.5) is 4.79 Å². The molecule has 2 amide bonds. The third kappa shape index (κ3) is 7.06. The van der Waals surface area contributed by atoms with E-state index in [1.54, 1.807) is 7.05 Å². The highest BCUT2D eigenvalue weighted by Gasteiger charge is 2.31. The maximum Gasteiger partial charge on any atom is 0.344 e. The maximum atomic E-state index is 11.0. The van der Waals surface area contributed by atoms with Gasteiger partial charge in [-0.1, -0.05) is 4.41 Å². The van der Waals surface area contributed by atoms with Crippen LogP contribution >= 0.6 is 0 Å². The summed E-state index contributed by atoms with van der Waals surface area (Å²) in [5.74, 6) is 4.60. The Morgan fingerprint density at radius 3 is 1.47 bits per heavy atom. The Kier molecular flexibility index (Phi) is 7.26. The van der Waals surface area contributed by atoms with Crippen LogP contribution in [0.2, 0.25) is 0 Å². The Morgan fingerprint density at radius 1 is 1.12 bits per heavy atom. The van der Waals surface area contributed by atoms with E-state index < -0.39 is 26.1 Å². The lowest BCUT2D eigenvalue weighted by atomic mass is 11.1. The monoisotopic (exact) mass is 291 g/mol. The molecule has 17 heavy (non-hydrogen) atoms. The van der Waals surface area contributed by atoms with E-state index in [-0.39, 0.29) is 8.83 Å². The number of hydrogen-bond acceptors (Lipinski definition) is 7. The number of carbonyl (C=O) groups excluding carboxylic acids is 1. The molecule has 12 heteroatoms. The van der Waals surface area contributed by atoms with Gasteiger partial charge < -0.3 is 5.73 Å². The third-order valence-electron chi connectivity index (χ3n) is 1.24. The minimum absolute atomic E-state index is 0.0394. The number of hydrogen-bond donors (Lipinski definition) is 3. The molecule has 0 aromatic rings. The van der Waals surface area contributed by atoms with Gasteiger partial charge in [-0.15, -0.1) is 4.41 Å². The van der Waals surface area contributed by atoms with Crippen molar-refractivity contribution in [2.75, 3.05) is 26.6 Å². The molecule has 0 unspecified atom stereocenters. The lowest BCUT2D eigenvalue weighted by Gasteiger charge is -2.25. The lowest BCUT2D eigenvalue weighted by molar-refractivity contribution is 0.185. The number of sulfonamides is 2. The summed E-state index contributed by atoms with van der Waals surface area (Å²) in [5.41, 5.74) is 6.97. The number of carbonyl (C=O) groups is 1. The summed E-state index contributed by atoms with van der Waals surface area (Å²) in [6.45, 7) is 0. The largest absolute Gasteiger partial charge is 0.349 e. The number of hydrazine groups is 2. The minimum Gasteiger partial charge on any atom is -0.349 e. The first-order valence-corrected chi connectivity index (χ1v) is 7.70. The quantitative estimate of drug-likeness (QED) is 0.375. The fourth-order valence-electron chi connectivity index (χ4n) is 0.646. The zero-order valence-corrected chi connectivity index (χ0v) is 11.5. The molecule has 0 spiro atoms. The van der Waals surface area contributed by atoms with Gasteiger partial charge in [-0.25, -0.2) is 21.6 Å². The Balaban J connectivity index is 0. The smallest absolute Gasteiger partial charge is 0.344 e. The van der Waals surface area contributed by atoms with E-state index in [2.05, 4.69) is 11.3 Å². The second kappa shape index (κ2) is 6.70. The molecule has 5 N–H and O–H groups in total. The fourth-order valence-corrected chi connectivity index (χ4v) is 2.47. The van der Waals surface area contributed by atoms with Gasteiger partial charge in [0.05, 0.1) is 12.5 Å². The van der Waals surface area contributed by atoms with E-state index in [0.717, 1.165) is 13.3 Å². The number of rotatable bonds is 3. The van der Waals surface area contributed by atoms with Crippen LogP contribution in [0.5, 0.6) is 0 Å². The molecule has 104 valence electrons. The van der Waals surface area contributed by atoms with Crippen LogP contribution in [0.25, 0.3) is 0 Å². The van der Waals surface area contributed by atoms with Crippen LogP contribution < -0.4 is 17.0 Å². The van der Waals surface area contributed by atoms with Gasteiger partial charge in [0.2, 0.25) is 10.0 Å². The number of primary amides is 1. The van der Waals surface area contributed by atoms with Gasteiger partial charge in [0.1, 0.15) is 0 Å². The van der Waals surface area contributed by atoms with Gasteiger partial charge in [0.15, 0.2) is 0 Å². The standard InChI is InChI=1S/C4H11N3O5S2.CH6N2/c1-6(13(2,9)10)7(4(5)8)14(3,11)12;1-3-2/h1-3H3,(H2,5,8);3H,2H2,1H3. The van der Waals surface area contributed by atoms with Crippen LogP contribution in [-0.2, 0) is 20.0 Å². The highest BCUT2D eigenvalue weighted by molar-refractivity contribution is 7.91. The number of nitrogens with one attached hydrogen (secondary N) is 1. The average molecular weight is 291 g/mol. The lowest BCUT2D eigenvalue weighted by Crippen LogP contribution is -2.52. The Hall–Kier alpha value is -0.950. The number of amides is 2. The summed E-state index contributed by atoms with van der Waals surface area (Å²) in [7, 11) is -5.34. The number of nitrogens with two attached hydrogens (primary N) is 2. The molecule has 0 rings (SSSR count). The molecule has 10 nitrogen and oxygen atoms in total. The predicted octanol–water partition coefficient (Wildman–Crippen LogP) is -2.79. The molecule has 0 fully saturated rings. The van der Waals surface area contributed by atoms with Crippen LogP contribution in [0.3, 0.4) is 0 Å².